The highest BCUT2D eigenvalue weighted by Gasteiger charge is 1.93. The van der Waals surface area contributed by atoms with Crippen LogP contribution in [0.1, 0.15) is 0 Å². The highest BCUT2D eigenvalue weighted by atomic mass is 16.4. The van der Waals surface area contributed by atoms with Gasteiger partial charge >= 0.3 is 0 Å². The fraction of sp³-hybridized carbons (Fsp3) is 0. The molecule has 48 valence electrons. The molecule has 1 aromatic heterocycles. The monoisotopic (exact) mass is 127 g/mol. The molecule has 0 saturated carbocycles. The van der Waals surface area contributed by atoms with E-state index in [-0.39, 0.29) is 5.96 Å². The van der Waals surface area contributed by atoms with Crippen molar-refractivity contribution in [3.63, 3.8) is 0 Å². The molecule has 1 heterocycles. The molecule has 9 heavy (non-hydrogen) atoms. The second kappa shape index (κ2) is 2.12. The Kier molecular flexibility index (Phi) is 1.31. The molecule has 0 spiro atoms. The minimum absolute atomic E-state index is 0.104. The number of rotatable bonds is 0. The van der Waals surface area contributed by atoms with E-state index in [9.17, 15) is 0 Å². The molecule has 0 aliphatic rings. The summed E-state index contributed by atoms with van der Waals surface area (Å²) >= 11 is 0. The van der Waals surface area contributed by atoms with Gasteiger partial charge in [0, 0.05) is 0 Å². The van der Waals surface area contributed by atoms with Crippen LogP contribution in [0.15, 0.2) is 17.5 Å². The highest BCUT2D eigenvalue weighted by molar-refractivity contribution is 5.78. The van der Waals surface area contributed by atoms with E-state index in [2.05, 4.69) is 15.5 Å². The lowest BCUT2D eigenvalue weighted by Crippen LogP contribution is -2.22. The molecule has 6 heteroatoms. The summed E-state index contributed by atoms with van der Waals surface area (Å²) in [5.41, 5.74) is 5.10. The maximum absolute atomic E-state index is 8.08. The van der Waals surface area contributed by atoms with Crippen LogP contribution in [0.4, 0.5) is 0 Å². The Morgan fingerprint density at radius 1 is 1.78 bits per heavy atom. The second-order valence-corrected chi connectivity index (χ2v) is 1.31. The predicted octanol–water partition coefficient (Wildman–Crippen LogP) is -1.17. The van der Waals surface area contributed by atoms with Gasteiger partial charge < -0.3 is 10.9 Å². The van der Waals surface area contributed by atoms with Gasteiger partial charge in [-0.25, -0.2) is 0 Å². The fourth-order valence-corrected chi connectivity index (χ4v) is 0.376. The molecule has 0 aliphatic heterocycles. The Morgan fingerprint density at radius 2 is 2.56 bits per heavy atom. The molecule has 6 nitrogen and oxygen atoms in total. The fourth-order valence-electron chi connectivity index (χ4n) is 0.376. The van der Waals surface area contributed by atoms with Gasteiger partial charge in [0.1, 0.15) is 0 Å². The van der Waals surface area contributed by atoms with Crippen molar-refractivity contribution < 1.29 is 5.21 Å². The van der Waals surface area contributed by atoms with E-state index in [4.69, 9.17) is 10.9 Å². The second-order valence-electron chi connectivity index (χ2n) is 1.31. The van der Waals surface area contributed by atoms with Gasteiger partial charge in [-0.2, -0.15) is 4.68 Å². The van der Waals surface area contributed by atoms with Crippen LogP contribution >= 0.6 is 0 Å². The van der Waals surface area contributed by atoms with Crippen LogP contribution in [0.25, 0.3) is 0 Å². The average molecular weight is 127 g/mol. The molecule has 1 rings (SSSR count). The van der Waals surface area contributed by atoms with Crippen molar-refractivity contribution in [3.8, 4) is 0 Å². The summed E-state index contributed by atoms with van der Waals surface area (Å²) in [5.74, 6) is -0.104. The molecular weight excluding hydrogens is 122 g/mol. The predicted molar refractivity (Wildman–Crippen MR) is 28.8 cm³/mol. The third-order valence-corrected chi connectivity index (χ3v) is 0.760. The molecule has 0 aromatic carbocycles. The first kappa shape index (κ1) is 5.54. The molecule has 0 saturated heterocycles. The summed E-state index contributed by atoms with van der Waals surface area (Å²) in [5, 5.41) is 17.6. The number of nitrogens with zero attached hydrogens (tertiary/aromatic N) is 4. The number of aromatic nitrogens is 3. The molecule has 3 N–H and O–H groups in total. The largest absolute Gasteiger partial charge is 0.408 e. The topological polar surface area (TPSA) is 89.3 Å². The van der Waals surface area contributed by atoms with Crippen molar-refractivity contribution in [2.45, 2.75) is 0 Å². The molecule has 0 fully saturated rings. The molecule has 0 amide bonds. The van der Waals surface area contributed by atoms with Crippen LogP contribution in [0.2, 0.25) is 0 Å². The zero-order chi connectivity index (χ0) is 6.69. The lowest BCUT2D eigenvalue weighted by Gasteiger charge is -1.91. The molecule has 0 aliphatic carbocycles. The normalized spacial score (nSPS) is 11.8. The Morgan fingerprint density at radius 3 is 3.00 bits per heavy atom. The maximum Gasteiger partial charge on any atom is 0.259 e. The molecule has 0 unspecified atom stereocenters. The lowest BCUT2D eigenvalue weighted by atomic mass is 10.9. The first-order valence-electron chi connectivity index (χ1n) is 2.19. The number of oxime groups is 1. The number of hydrogen-bond acceptors (Lipinski definition) is 4. The van der Waals surface area contributed by atoms with Crippen LogP contribution in [0.3, 0.4) is 0 Å². The van der Waals surface area contributed by atoms with E-state index in [1.165, 1.54) is 12.4 Å². The van der Waals surface area contributed by atoms with Crippen molar-refractivity contribution in [2.24, 2.45) is 10.9 Å². The molecule has 0 radical (unpaired) electrons. The van der Waals surface area contributed by atoms with Crippen molar-refractivity contribution in [3.05, 3.63) is 12.4 Å². The van der Waals surface area contributed by atoms with Crippen molar-refractivity contribution >= 4 is 5.96 Å². The molecule has 0 atom stereocenters. The van der Waals surface area contributed by atoms with Crippen LogP contribution < -0.4 is 5.73 Å². The minimum Gasteiger partial charge on any atom is -0.408 e. The molecule has 0 bridgehead atoms. The average Bonchev–Trinajstić information content (AvgIpc) is 2.37. The van der Waals surface area contributed by atoms with Crippen molar-refractivity contribution in [2.75, 3.05) is 0 Å². The van der Waals surface area contributed by atoms with Gasteiger partial charge in [-0.1, -0.05) is 5.21 Å². The van der Waals surface area contributed by atoms with E-state index in [1.54, 1.807) is 0 Å². The number of nitrogens with two attached hydrogens (primary N) is 1. The summed E-state index contributed by atoms with van der Waals surface area (Å²) in [4.78, 5) is 0. The Balaban J connectivity index is 2.90. The summed E-state index contributed by atoms with van der Waals surface area (Å²) < 4.78 is 1.14. The SMILES string of the molecule is NC(=NO)n1ccnn1. The molecular formula is C3H5N5O. The van der Waals surface area contributed by atoms with E-state index < -0.39 is 0 Å². The Hall–Kier alpha value is -1.59. The zero-order valence-electron chi connectivity index (χ0n) is 4.47. The van der Waals surface area contributed by atoms with Gasteiger partial charge in [0.2, 0.25) is 0 Å². The van der Waals surface area contributed by atoms with Crippen molar-refractivity contribution in [1.29, 1.82) is 0 Å². The zero-order valence-corrected chi connectivity index (χ0v) is 4.47. The summed E-state index contributed by atoms with van der Waals surface area (Å²) in [6.07, 6.45) is 2.90. The summed E-state index contributed by atoms with van der Waals surface area (Å²) in [7, 11) is 0. The van der Waals surface area contributed by atoms with Gasteiger partial charge in [0.25, 0.3) is 5.96 Å². The van der Waals surface area contributed by atoms with E-state index in [0.29, 0.717) is 0 Å². The van der Waals surface area contributed by atoms with Gasteiger partial charge in [-0.15, -0.1) is 5.10 Å². The lowest BCUT2D eigenvalue weighted by molar-refractivity contribution is 0.315. The van der Waals surface area contributed by atoms with Gasteiger partial charge in [-0.3, -0.25) is 0 Å². The highest BCUT2D eigenvalue weighted by Crippen LogP contribution is 1.75. The van der Waals surface area contributed by atoms with Gasteiger partial charge in [0.05, 0.1) is 12.4 Å². The first-order valence-corrected chi connectivity index (χ1v) is 2.19. The van der Waals surface area contributed by atoms with Crippen molar-refractivity contribution in [1.82, 2.24) is 15.0 Å². The Labute approximate surface area is 50.6 Å². The third kappa shape index (κ3) is 0.958. The smallest absolute Gasteiger partial charge is 0.259 e. The van der Waals surface area contributed by atoms with Crippen LogP contribution in [-0.2, 0) is 0 Å². The van der Waals surface area contributed by atoms with Gasteiger partial charge in [-0.05, 0) is 5.16 Å². The van der Waals surface area contributed by atoms with Crippen LogP contribution in [0, 0.1) is 0 Å². The first-order chi connectivity index (χ1) is 4.34. The standard InChI is InChI=1S/C3H5N5O/c4-3(6-9)8-2-1-5-7-8/h1-2,9H,(H2,4,6). The van der Waals surface area contributed by atoms with Crippen LogP contribution in [-0.4, -0.2) is 26.2 Å². The summed E-state index contributed by atoms with van der Waals surface area (Å²) in [6.45, 7) is 0. The van der Waals surface area contributed by atoms with Gasteiger partial charge in [0.15, 0.2) is 0 Å². The van der Waals surface area contributed by atoms with Crippen LogP contribution in [0.5, 0.6) is 0 Å². The molecule has 1 aromatic rings. The minimum atomic E-state index is -0.104. The van der Waals surface area contributed by atoms with E-state index in [1.807, 2.05) is 0 Å². The van der Waals surface area contributed by atoms with E-state index in [0.717, 1.165) is 4.68 Å². The number of hydrogen-bond donors (Lipinski definition) is 2. The quantitative estimate of drug-likeness (QED) is 0.199. The maximum atomic E-state index is 8.08. The third-order valence-electron chi connectivity index (χ3n) is 0.760. The Bertz CT molecular complexity index is 202. The van der Waals surface area contributed by atoms with E-state index >= 15 is 0 Å². The summed E-state index contributed by atoms with van der Waals surface area (Å²) in [6, 6.07) is 0.